The number of hydrogen-bond acceptors (Lipinski definition) is 4. The fourth-order valence-electron chi connectivity index (χ4n) is 5.54. The normalized spacial score (nSPS) is 37.2. The van der Waals surface area contributed by atoms with Crippen molar-refractivity contribution in [3.8, 4) is 0 Å². The van der Waals surface area contributed by atoms with Gasteiger partial charge in [-0.15, -0.1) is 0 Å². The molecule has 4 atom stereocenters. The van der Waals surface area contributed by atoms with Crippen molar-refractivity contribution >= 4 is 11.8 Å². The van der Waals surface area contributed by atoms with Crippen LogP contribution in [-0.4, -0.2) is 29.6 Å². The number of fused-ring (bicyclic) bond motifs is 3. The van der Waals surface area contributed by atoms with E-state index >= 15 is 0 Å². The summed E-state index contributed by atoms with van der Waals surface area (Å²) >= 11 is 0. The number of rotatable bonds is 3. The van der Waals surface area contributed by atoms with Crippen LogP contribution in [0.15, 0.2) is 22.8 Å². The average molecular weight is 360 g/mol. The zero-order valence-electron chi connectivity index (χ0n) is 16.7. The van der Waals surface area contributed by atoms with E-state index in [9.17, 15) is 14.7 Å². The maximum absolute atomic E-state index is 13.2. The van der Waals surface area contributed by atoms with E-state index in [0.717, 1.165) is 25.7 Å². The second-order valence-electron chi connectivity index (χ2n) is 9.20. The van der Waals surface area contributed by atoms with Crippen LogP contribution in [0, 0.1) is 22.7 Å². The summed E-state index contributed by atoms with van der Waals surface area (Å²) in [5.74, 6) is 0.238. The van der Waals surface area contributed by atoms with Gasteiger partial charge in [-0.05, 0) is 61.0 Å². The number of hydrogen-bond donors (Lipinski definition) is 1. The topological polar surface area (TPSA) is 63.6 Å². The molecular formula is C22H32O4. The molecule has 1 fully saturated rings. The highest BCUT2D eigenvalue weighted by Crippen LogP contribution is 2.62. The summed E-state index contributed by atoms with van der Waals surface area (Å²) in [6, 6.07) is 0. The molecule has 26 heavy (non-hydrogen) atoms. The lowest BCUT2D eigenvalue weighted by atomic mass is 9.54. The van der Waals surface area contributed by atoms with Crippen LogP contribution in [0.25, 0.3) is 0 Å². The maximum Gasteiger partial charge on any atom is 0.303 e. The Labute approximate surface area is 156 Å². The van der Waals surface area contributed by atoms with Gasteiger partial charge in [-0.3, -0.25) is 9.59 Å². The summed E-state index contributed by atoms with van der Waals surface area (Å²) in [7, 11) is 0. The molecule has 144 valence electrons. The minimum atomic E-state index is -0.517. The zero-order chi connectivity index (χ0) is 19.3. The van der Waals surface area contributed by atoms with E-state index in [1.807, 2.05) is 0 Å². The first-order chi connectivity index (χ1) is 12.1. The smallest absolute Gasteiger partial charge is 0.303 e. The van der Waals surface area contributed by atoms with E-state index in [1.165, 1.54) is 18.1 Å². The highest BCUT2D eigenvalue weighted by molar-refractivity contribution is 5.96. The average Bonchev–Trinajstić information content (AvgIpc) is 2.87. The van der Waals surface area contributed by atoms with Crippen LogP contribution in [-0.2, 0) is 14.3 Å². The van der Waals surface area contributed by atoms with Gasteiger partial charge in [-0.2, -0.15) is 0 Å². The fourth-order valence-corrected chi connectivity index (χ4v) is 5.54. The molecule has 0 aromatic carbocycles. The quantitative estimate of drug-likeness (QED) is 0.611. The number of aliphatic hydroxyl groups is 1. The zero-order valence-corrected chi connectivity index (χ0v) is 16.7. The number of aliphatic hydroxyl groups excluding tert-OH is 1. The number of carbonyl (C=O) groups is 2. The number of carbonyl (C=O) groups excluding carboxylic acids is 2. The van der Waals surface area contributed by atoms with Gasteiger partial charge in [0.2, 0.25) is 0 Å². The van der Waals surface area contributed by atoms with E-state index in [4.69, 9.17) is 4.74 Å². The van der Waals surface area contributed by atoms with Gasteiger partial charge in [-0.25, -0.2) is 0 Å². The van der Waals surface area contributed by atoms with Gasteiger partial charge in [0, 0.05) is 12.3 Å². The lowest BCUT2D eigenvalue weighted by Crippen LogP contribution is -2.45. The second-order valence-corrected chi connectivity index (χ2v) is 9.20. The highest BCUT2D eigenvalue weighted by Gasteiger charge is 2.55. The Morgan fingerprint density at radius 2 is 2.00 bits per heavy atom. The molecule has 0 aromatic rings. The maximum atomic E-state index is 13.2. The standard InChI is InChI=1S/C22H32O4/c1-13(2)16-6-7-21(4)8-9-22(5)17(20(16)21)11-18(26-14(3)24)15(12-23)10-19(22)25/h10,13,17-18,23H,6-9,11-12H2,1-5H3/t17-,18-,21-,22-/m1/s1. The van der Waals surface area contributed by atoms with Crippen molar-refractivity contribution in [3.05, 3.63) is 22.8 Å². The number of ketones is 1. The van der Waals surface area contributed by atoms with Crippen LogP contribution < -0.4 is 0 Å². The van der Waals surface area contributed by atoms with Gasteiger partial charge >= 0.3 is 5.97 Å². The van der Waals surface area contributed by atoms with Crippen molar-refractivity contribution in [2.45, 2.75) is 72.8 Å². The first-order valence-electron chi connectivity index (χ1n) is 9.89. The first-order valence-corrected chi connectivity index (χ1v) is 9.89. The summed E-state index contributed by atoms with van der Waals surface area (Å²) < 4.78 is 5.55. The minimum Gasteiger partial charge on any atom is -0.458 e. The molecule has 0 aromatic heterocycles. The van der Waals surface area contributed by atoms with Crippen molar-refractivity contribution in [3.63, 3.8) is 0 Å². The number of allylic oxidation sites excluding steroid dienone is 3. The second kappa shape index (κ2) is 6.63. The van der Waals surface area contributed by atoms with Crippen LogP contribution >= 0.6 is 0 Å². The highest BCUT2D eigenvalue weighted by atomic mass is 16.5. The van der Waals surface area contributed by atoms with Crippen LogP contribution in [0.3, 0.4) is 0 Å². The van der Waals surface area contributed by atoms with Gasteiger partial charge in [0.05, 0.1) is 6.61 Å². The van der Waals surface area contributed by atoms with Gasteiger partial charge in [0.25, 0.3) is 0 Å². The van der Waals surface area contributed by atoms with Crippen LogP contribution in [0.5, 0.6) is 0 Å². The summed E-state index contributed by atoms with van der Waals surface area (Å²) in [6.07, 6.45) is 5.76. The van der Waals surface area contributed by atoms with E-state index in [2.05, 4.69) is 27.7 Å². The molecule has 0 heterocycles. The molecule has 4 nitrogen and oxygen atoms in total. The summed E-state index contributed by atoms with van der Waals surface area (Å²) in [6.45, 7) is 10.0. The van der Waals surface area contributed by atoms with Crippen molar-refractivity contribution in [2.75, 3.05) is 6.61 Å². The molecule has 3 rings (SSSR count). The third kappa shape index (κ3) is 2.96. The predicted octanol–water partition coefficient (Wildman–Crippen LogP) is 3.98. The minimum absolute atomic E-state index is 0.0679. The molecule has 0 radical (unpaired) electrons. The van der Waals surface area contributed by atoms with Gasteiger partial charge < -0.3 is 9.84 Å². The van der Waals surface area contributed by atoms with Gasteiger partial charge in [0.1, 0.15) is 6.10 Å². The molecule has 0 unspecified atom stereocenters. The third-order valence-electron chi connectivity index (χ3n) is 7.19. The molecule has 4 heteroatoms. The van der Waals surface area contributed by atoms with Crippen molar-refractivity contribution in [2.24, 2.45) is 22.7 Å². The Balaban J connectivity index is 2.12. The monoisotopic (exact) mass is 360 g/mol. The Morgan fingerprint density at radius 1 is 1.31 bits per heavy atom. The molecule has 1 N–H and O–H groups in total. The Morgan fingerprint density at radius 3 is 2.58 bits per heavy atom. The van der Waals surface area contributed by atoms with Crippen LogP contribution in [0.1, 0.15) is 66.7 Å². The lowest BCUT2D eigenvalue weighted by molar-refractivity contribution is -0.145. The largest absolute Gasteiger partial charge is 0.458 e. The Bertz CT molecular complexity index is 686. The molecule has 0 aliphatic heterocycles. The molecule has 0 bridgehead atoms. The van der Waals surface area contributed by atoms with E-state index < -0.39 is 11.5 Å². The van der Waals surface area contributed by atoms with E-state index in [-0.39, 0.29) is 29.7 Å². The third-order valence-corrected chi connectivity index (χ3v) is 7.19. The van der Waals surface area contributed by atoms with Crippen molar-refractivity contribution < 1.29 is 19.4 Å². The molecule has 0 saturated heterocycles. The predicted molar refractivity (Wildman–Crippen MR) is 100 cm³/mol. The molecule has 1 saturated carbocycles. The summed E-state index contributed by atoms with van der Waals surface area (Å²) in [5.41, 5.74) is 3.14. The van der Waals surface area contributed by atoms with Gasteiger partial charge in [-0.1, -0.05) is 38.8 Å². The van der Waals surface area contributed by atoms with E-state index in [0.29, 0.717) is 17.9 Å². The SMILES string of the molecule is CC(=O)O[C@@H]1C[C@@H]2C3=C(C(C)C)CC[C@]3(C)CC[C@@]2(C)C(=O)C=C1CO. The lowest BCUT2D eigenvalue weighted by Gasteiger charge is -2.49. The van der Waals surface area contributed by atoms with Crippen LogP contribution in [0.2, 0.25) is 0 Å². The van der Waals surface area contributed by atoms with E-state index in [1.54, 1.807) is 6.08 Å². The first kappa shape index (κ1) is 19.3. The molecule has 0 spiro atoms. The molecule has 3 aliphatic carbocycles. The summed E-state index contributed by atoms with van der Waals surface area (Å²) in [4.78, 5) is 24.8. The molecular weight excluding hydrogens is 328 g/mol. The Hall–Kier alpha value is -1.42. The Kier molecular flexibility index (Phi) is 4.93. The summed E-state index contributed by atoms with van der Waals surface area (Å²) in [5, 5.41) is 9.79. The number of esters is 1. The molecule has 0 amide bonds. The van der Waals surface area contributed by atoms with Gasteiger partial charge in [0.15, 0.2) is 5.78 Å². The number of ether oxygens (including phenoxy) is 1. The molecule has 3 aliphatic rings. The van der Waals surface area contributed by atoms with Crippen molar-refractivity contribution in [1.82, 2.24) is 0 Å². The van der Waals surface area contributed by atoms with Crippen LogP contribution in [0.4, 0.5) is 0 Å². The fraction of sp³-hybridized carbons (Fsp3) is 0.727. The van der Waals surface area contributed by atoms with Crippen molar-refractivity contribution in [1.29, 1.82) is 0 Å².